The summed E-state index contributed by atoms with van der Waals surface area (Å²) in [6.45, 7) is 6.60. The van der Waals surface area contributed by atoms with Crippen molar-refractivity contribution in [3.05, 3.63) is 12.7 Å². The Kier molecular flexibility index (Phi) is 2.89. The molecule has 2 N–H and O–H groups in total. The molecule has 4 atom stereocenters. The minimum Gasteiger partial charge on any atom is -0.382 e. The maximum atomic E-state index is 6.15. The van der Waals surface area contributed by atoms with E-state index in [1.807, 2.05) is 4.57 Å². The highest BCUT2D eigenvalue weighted by atomic mass is 16.5. The van der Waals surface area contributed by atoms with Gasteiger partial charge in [-0.3, -0.25) is 4.57 Å². The molecule has 0 spiro atoms. The molecule has 6 heteroatoms. The van der Waals surface area contributed by atoms with Crippen molar-refractivity contribution in [2.75, 3.05) is 5.73 Å². The molecule has 2 aromatic rings. The van der Waals surface area contributed by atoms with E-state index in [9.17, 15) is 0 Å². The van der Waals surface area contributed by atoms with Crippen LogP contribution in [0.2, 0.25) is 0 Å². The molecule has 1 saturated heterocycles. The molecule has 1 aliphatic rings. The summed E-state index contributed by atoms with van der Waals surface area (Å²) in [7, 11) is 0. The zero-order valence-electron chi connectivity index (χ0n) is 11.4. The molecule has 0 aromatic carbocycles. The molecule has 102 valence electrons. The molecular formula is C13H19N5O. The number of nitrogens with zero attached hydrogens (tertiary/aromatic N) is 4. The fraction of sp³-hybridized carbons (Fsp3) is 0.615. The van der Waals surface area contributed by atoms with Crippen LogP contribution < -0.4 is 5.73 Å². The number of nitrogens with two attached hydrogens (primary N) is 1. The summed E-state index contributed by atoms with van der Waals surface area (Å²) < 4.78 is 8.13. The molecule has 0 aliphatic carbocycles. The first-order valence-electron chi connectivity index (χ1n) is 6.72. The summed E-state index contributed by atoms with van der Waals surface area (Å²) in [4.78, 5) is 12.6. The van der Waals surface area contributed by atoms with Gasteiger partial charge in [0.1, 0.15) is 18.1 Å². The summed E-state index contributed by atoms with van der Waals surface area (Å²) in [5, 5.41) is 0. The summed E-state index contributed by atoms with van der Waals surface area (Å²) in [6, 6.07) is 0. The number of rotatable bonds is 2. The van der Waals surface area contributed by atoms with Gasteiger partial charge in [0.25, 0.3) is 0 Å². The summed E-state index contributed by atoms with van der Waals surface area (Å²) in [5.41, 5.74) is 7.20. The monoisotopic (exact) mass is 261 g/mol. The average Bonchev–Trinajstić information content (AvgIpc) is 2.94. The van der Waals surface area contributed by atoms with Crippen molar-refractivity contribution in [2.24, 2.45) is 11.8 Å². The predicted molar refractivity (Wildman–Crippen MR) is 72.3 cm³/mol. The van der Waals surface area contributed by atoms with Crippen LogP contribution in [0, 0.1) is 11.8 Å². The lowest BCUT2D eigenvalue weighted by molar-refractivity contribution is -0.0120. The number of nitrogen functional groups attached to an aromatic ring is 1. The minimum absolute atomic E-state index is 0.0285. The quantitative estimate of drug-likeness (QED) is 0.894. The Morgan fingerprint density at radius 2 is 2.05 bits per heavy atom. The molecule has 3 heterocycles. The fourth-order valence-corrected chi connectivity index (χ4v) is 2.87. The van der Waals surface area contributed by atoms with Crippen molar-refractivity contribution in [1.82, 2.24) is 19.5 Å². The minimum atomic E-state index is -0.0285. The second-order valence-electron chi connectivity index (χ2n) is 5.27. The highest BCUT2D eigenvalue weighted by Crippen LogP contribution is 2.40. The first-order valence-corrected chi connectivity index (χ1v) is 6.72. The van der Waals surface area contributed by atoms with Crippen molar-refractivity contribution in [3.63, 3.8) is 0 Å². The summed E-state index contributed by atoms with van der Waals surface area (Å²) in [6.07, 6.45) is 4.50. The van der Waals surface area contributed by atoms with Gasteiger partial charge in [-0.2, -0.15) is 0 Å². The maximum absolute atomic E-state index is 6.15. The molecule has 0 radical (unpaired) electrons. The summed E-state index contributed by atoms with van der Waals surface area (Å²) in [5.74, 6) is 1.35. The largest absolute Gasteiger partial charge is 0.382 e. The third kappa shape index (κ3) is 1.78. The molecule has 19 heavy (non-hydrogen) atoms. The zero-order chi connectivity index (χ0) is 13.6. The zero-order valence-corrected chi connectivity index (χ0v) is 11.4. The summed E-state index contributed by atoms with van der Waals surface area (Å²) >= 11 is 0. The molecule has 3 rings (SSSR count). The third-order valence-electron chi connectivity index (χ3n) is 4.24. The lowest BCUT2D eigenvalue weighted by atomic mass is 9.91. The van der Waals surface area contributed by atoms with Crippen molar-refractivity contribution in [1.29, 1.82) is 0 Å². The van der Waals surface area contributed by atoms with Crippen LogP contribution in [0.1, 0.15) is 33.4 Å². The highest BCUT2D eigenvalue weighted by Gasteiger charge is 2.39. The molecule has 0 saturated carbocycles. The molecule has 0 bridgehead atoms. The number of ether oxygens (including phenoxy) is 1. The van der Waals surface area contributed by atoms with Crippen LogP contribution in [0.5, 0.6) is 0 Å². The van der Waals surface area contributed by atoms with Crippen LogP contribution in [0.3, 0.4) is 0 Å². The molecule has 1 aliphatic heterocycles. The van der Waals surface area contributed by atoms with Gasteiger partial charge in [0.2, 0.25) is 0 Å². The number of anilines is 1. The molecule has 6 nitrogen and oxygen atoms in total. The Morgan fingerprint density at radius 1 is 1.26 bits per heavy atom. The van der Waals surface area contributed by atoms with Gasteiger partial charge in [-0.05, 0) is 12.3 Å². The number of imidazole rings is 1. The van der Waals surface area contributed by atoms with Crippen LogP contribution >= 0.6 is 0 Å². The van der Waals surface area contributed by atoms with E-state index < -0.39 is 0 Å². The Morgan fingerprint density at radius 3 is 2.74 bits per heavy atom. The van der Waals surface area contributed by atoms with Gasteiger partial charge in [-0.1, -0.05) is 20.8 Å². The van der Waals surface area contributed by atoms with Crippen molar-refractivity contribution in [3.8, 4) is 0 Å². The van der Waals surface area contributed by atoms with Gasteiger partial charge in [-0.25, -0.2) is 15.0 Å². The molecule has 1 fully saturated rings. The van der Waals surface area contributed by atoms with Crippen LogP contribution in [0.4, 0.5) is 5.82 Å². The van der Waals surface area contributed by atoms with E-state index in [1.165, 1.54) is 6.33 Å². The van der Waals surface area contributed by atoms with E-state index >= 15 is 0 Å². The molecule has 2 unspecified atom stereocenters. The second-order valence-corrected chi connectivity index (χ2v) is 5.27. The average molecular weight is 261 g/mol. The van der Waals surface area contributed by atoms with Crippen molar-refractivity contribution in [2.45, 2.75) is 39.5 Å². The first-order chi connectivity index (χ1) is 9.13. The van der Waals surface area contributed by atoms with Crippen molar-refractivity contribution < 1.29 is 4.74 Å². The number of hydrogen-bond acceptors (Lipinski definition) is 5. The number of hydrogen-bond donors (Lipinski definition) is 1. The van der Waals surface area contributed by atoms with Crippen LogP contribution in [-0.2, 0) is 4.74 Å². The van der Waals surface area contributed by atoms with Gasteiger partial charge >= 0.3 is 0 Å². The lowest BCUT2D eigenvalue weighted by Gasteiger charge is -2.17. The predicted octanol–water partition coefficient (Wildman–Crippen LogP) is 1.99. The second kappa shape index (κ2) is 4.45. The third-order valence-corrected chi connectivity index (χ3v) is 4.24. The smallest absolute Gasteiger partial charge is 0.167 e. The van der Waals surface area contributed by atoms with E-state index in [-0.39, 0.29) is 12.3 Å². The Hall–Kier alpha value is -1.69. The fourth-order valence-electron chi connectivity index (χ4n) is 2.87. The normalized spacial score (nSPS) is 31.1. The standard InChI is InChI=1S/C13H19N5O/c1-4-9-7(2)8(3)13(19-9)18-6-17-10-11(14)15-5-16-12(10)18/h5-9,13H,4H2,1-3H3,(H2,14,15,16)/t7?,8?,9-,13-/m0/s1. The van der Waals surface area contributed by atoms with Gasteiger partial charge in [0, 0.05) is 5.92 Å². The van der Waals surface area contributed by atoms with Gasteiger partial charge in [0.05, 0.1) is 12.4 Å². The van der Waals surface area contributed by atoms with Crippen LogP contribution in [-0.4, -0.2) is 25.6 Å². The Labute approximate surface area is 112 Å². The van der Waals surface area contributed by atoms with E-state index in [1.54, 1.807) is 6.33 Å². The Balaban J connectivity index is 2.04. The van der Waals surface area contributed by atoms with Gasteiger partial charge < -0.3 is 10.5 Å². The topological polar surface area (TPSA) is 78.9 Å². The SMILES string of the molecule is CC[C@@H]1O[C@H](n2cnc3c(N)ncnc32)C(C)C1C. The number of aromatic nitrogens is 4. The highest BCUT2D eigenvalue weighted by molar-refractivity contribution is 5.81. The van der Waals surface area contributed by atoms with E-state index in [4.69, 9.17) is 10.5 Å². The number of fused-ring (bicyclic) bond motifs is 1. The van der Waals surface area contributed by atoms with E-state index in [0.29, 0.717) is 23.2 Å². The van der Waals surface area contributed by atoms with Gasteiger partial charge in [0.15, 0.2) is 11.5 Å². The lowest BCUT2D eigenvalue weighted by Crippen LogP contribution is -2.15. The first kappa shape index (κ1) is 12.3. The Bertz CT molecular complexity index is 596. The van der Waals surface area contributed by atoms with Crippen LogP contribution in [0.25, 0.3) is 11.2 Å². The van der Waals surface area contributed by atoms with Crippen LogP contribution in [0.15, 0.2) is 12.7 Å². The maximum Gasteiger partial charge on any atom is 0.167 e. The molecule has 2 aromatic heterocycles. The van der Waals surface area contributed by atoms with Crippen molar-refractivity contribution >= 4 is 17.0 Å². The van der Waals surface area contributed by atoms with Gasteiger partial charge in [-0.15, -0.1) is 0 Å². The molecule has 0 amide bonds. The molecular weight excluding hydrogens is 242 g/mol. The van der Waals surface area contributed by atoms with E-state index in [0.717, 1.165) is 12.1 Å². The van der Waals surface area contributed by atoms with E-state index in [2.05, 4.69) is 35.7 Å².